The highest BCUT2D eigenvalue weighted by Gasteiger charge is 2.29. The summed E-state index contributed by atoms with van der Waals surface area (Å²) in [6, 6.07) is 0.120. The van der Waals surface area contributed by atoms with Crippen LogP contribution in [-0.4, -0.2) is 98.5 Å². The number of benzene rings is 1. The third-order valence-corrected chi connectivity index (χ3v) is 8.60. The molecular formula is C37H57F4N3O10. The van der Waals surface area contributed by atoms with E-state index in [-0.39, 0.29) is 56.5 Å². The van der Waals surface area contributed by atoms with Crippen molar-refractivity contribution in [3.63, 3.8) is 0 Å². The fraction of sp³-hybridized carbons (Fsp3) is 0.730. The number of amides is 3. The molecule has 3 unspecified atom stereocenters. The number of aliphatic hydroxyl groups excluding tert-OH is 2. The topological polar surface area (TPSA) is 182 Å². The second-order valence-electron chi connectivity index (χ2n) is 13.1. The van der Waals surface area contributed by atoms with Gasteiger partial charge >= 0.3 is 5.97 Å². The van der Waals surface area contributed by atoms with Gasteiger partial charge in [0.2, 0.25) is 29.3 Å². The second kappa shape index (κ2) is 28.1. The molecule has 0 aliphatic carbocycles. The molecule has 2 rings (SSSR count). The van der Waals surface area contributed by atoms with E-state index >= 15 is 0 Å². The van der Waals surface area contributed by atoms with Gasteiger partial charge in [-0.1, -0.05) is 38.5 Å². The van der Waals surface area contributed by atoms with Gasteiger partial charge in [-0.15, -0.1) is 0 Å². The van der Waals surface area contributed by atoms with Crippen molar-refractivity contribution < 1.29 is 65.9 Å². The van der Waals surface area contributed by atoms with Gasteiger partial charge in [0.15, 0.2) is 23.7 Å². The monoisotopic (exact) mass is 779 g/mol. The number of ether oxygens (including phenoxy) is 4. The van der Waals surface area contributed by atoms with Crippen molar-refractivity contribution >= 4 is 23.7 Å². The Morgan fingerprint density at radius 1 is 0.667 bits per heavy atom. The van der Waals surface area contributed by atoms with Crippen molar-refractivity contribution in [3.8, 4) is 5.75 Å². The molecule has 3 atom stereocenters. The van der Waals surface area contributed by atoms with Crippen LogP contribution in [0.2, 0.25) is 0 Å². The zero-order valence-electron chi connectivity index (χ0n) is 31.0. The van der Waals surface area contributed by atoms with Crippen molar-refractivity contribution in [1.29, 1.82) is 0 Å². The van der Waals surface area contributed by atoms with Crippen LogP contribution in [0.3, 0.4) is 0 Å². The number of unbranched alkanes of at least 4 members (excludes halogenated alkanes) is 8. The molecular weight excluding hydrogens is 722 g/mol. The molecule has 54 heavy (non-hydrogen) atoms. The average Bonchev–Trinajstić information content (AvgIpc) is 3.14. The highest BCUT2D eigenvalue weighted by Crippen LogP contribution is 2.26. The van der Waals surface area contributed by atoms with Crippen LogP contribution in [0.15, 0.2) is 6.07 Å². The summed E-state index contributed by atoms with van der Waals surface area (Å²) < 4.78 is 74.4. The van der Waals surface area contributed by atoms with Crippen molar-refractivity contribution in [2.75, 3.05) is 46.1 Å². The van der Waals surface area contributed by atoms with E-state index in [0.29, 0.717) is 84.0 Å². The fourth-order valence-corrected chi connectivity index (χ4v) is 5.50. The SMILES string of the molecule is O=C(CCCCOC1CCC(O)C(CO)O1)NCCCNC(=O)CCOCCNC(=O)CCCCCCCCCCC(=O)Oc1c(F)cc(F)c(F)c1F. The van der Waals surface area contributed by atoms with E-state index < -0.39 is 53.5 Å². The van der Waals surface area contributed by atoms with Crippen molar-refractivity contribution in [2.24, 2.45) is 0 Å². The first-order valence-corrected chi connectivity index (χ1v) is 19.0. The number of carbonyl (C=O) groups excluding carboxylic acids is 4. The maximum Gasteiger partial charge on any atom is 0.311 e. The second-order valence-corrected chi connectivity index (χ2v) is 13.1. The molecule has 1 heterocycles. The van der Waals surface area contributed by atoms with Gasteiger partial charge in [-0.3, -0.25) is 19.2 Å². The van der Waals surface area contributed by atoms with E-state index in [1.165, 1.54) is 0 Å². The first-order valence-electron chi connectivity index (χ1n) is 19.0. The number of nitrogens with one attached hydrogen (secondary N) is 3. The summed E-state index contributed by atoms with van der Waals surface area (Å²) in [5, 5.41) is 27.3. The smallest absolute Gasteiger partial charge is 0.311 e. The van der Waals surface area contributed by atoms with Crippen molar-refractivity contribution in [3.05, 3.63) is 29.3 Å². The van der Waals surface area contributed by atoms with Crippen LogP contribution in [0.25, 0.3) is 0 Å². The van der Waals surface area contributed by atoms with E-state index in [4.69, 9.17) is 14.2 Å². The van der Waals surface area contributed by atoms with Crippen LogP contribution in [0.4, 0.5) is 17.6 Å². The quantitative estimate of drug-likeness (QED) is 0.0197. The Hall–Kier alpha value is -3.38. The molecule has 13 nitrogen and oxygen atoms in total. The van der Waals surface area contributed by atoms with Gasteiger partial charge in [-0.2, -0.15) is 4.39 Å². The molecule has 1 aliphatic rings. The van der Waals surface area contributed by atoms with Crippen LogP contribution in [-0.2, 0) is 33.4 Å². The first kappa shape index (κ1) is 46.8. The molecule has 3 amide bonds. The fourth-order valence-electron chi connectivity index (χ4n) is 5.50. The Balaban J connectivity index is 1.30. The molecule has 0 bridgehead atoms. The number of aliphatic hydroxyl groups is 2. The minimum atomic E-state index is -1.91. The maximum atomic E-state index is 13.6. The summed E-state index contributed by atoms with van der Waals surface area (Å²) in [7, 11) is 0. The van der Waals surface area contributed by atoms with Gasteiger partial charge in [0.1, 0.15) is 6.10 Å². The molecule has 308 valence electrons. The molecule has 5 N–H and O–H groups in total. The molecule has 0 aromatic heterocycles. The number of esters is 1. The number of rotatable bonds is 29. The summed E-state index contributed by atoms with van der Waals surface area (Å²) in [5.74, 6) is -9.46. The van der Waals surface area contributed by atoms with Crippen molar-refractivity contribution in [1.82, 2.24) is 16.0 Å². The lowest BCUT2D eigenvalue weighted by Crippen LogP contribution is -2.42. The average molecular weight is 780 g/mol. The highest BCUT2D eigenvalue weighted by atomic mass is 19.2. The Bertz CT molecular complexity index is 1280. The third kappa shape index (κ3) is 20.3. The van der Waals surface area contributed by atoms with E-state index in [0.717, 1.165) is 38.5 Å². The van der Waals surface area contributed by atoms with Gasteiger partial charge < -0.3 is 45.1 Å². The Labute approximate surface area is 314 Å². The van der Waals surface area contributed by atoms with Crippen LogP contribution < -0.4 is 20.7 Å². The molecule has 1 saturated heterocycles. The van der Waals surface area contributed by atoms with Gasteiger partial charge in [0.05, 0.1) is 25.9 Å². The van der Waals surface area contributed by atoms with Gasteiger partial charge in [0, 0.05) is 64.4 Å². The zero-order chi connectivity index (χ0) is 39.6. The van der Waals surface area contributed by atoms with Crippen LogP contribution in [0.5, 0.6) is 5.75 Å². The third-order valence-electron chi connectivity index (χ3n) is 8.60. The van der Waals surface area contributed by atoms with E-state index in [2.05, 4.69) is 20.7 Å². The molecule has 17 heteroatoms. The summed E-state index contributed by atoms with van der Waals surface area (Å²) in [6.07, 6.45) is 8.44. The number of carbonyl (C=O) groups is 4. The molecule has 1 aromatic carbocycles. The molecule has 0 spiro atoms. The minimum absolute atomic E-state index is 0.0722. The number of halogens is 4. The standard InChI is InChI=1S/C37H57F4N3O10/c38-26-24-27(39)37(36(41)35(26)40)54-33(50)14-8-6-4-2-1-3-5-7-12-31(48)44-20-23-51-22-17-32(49)43-19-11-18-42-30(47)13-9-10-21-52-34-16-15-28(46)29(25-45)53-34/h24,28-29,34,45-46H,1-23,25H2,(H,42,47)(H,43,49)(H,44,48). The highest BCUT2D eigenvalue weighted by molar-refractivity contribution is 5.76. The molecule has 1 fully saturated rings. The molecule has 0 saturated carbocycles. The minimum Gasteiger partial charge on any atom is -0.420 e. The van der Waals surface area contributed by atoms with E-state index in [1.807, 2.05) is 0 Å². The van der Waals surface area contributed by atoms with E-state index in [9.17, 15) is 47.0 Å². The largest absolute Gasteiger partial charge is 0.420 e. The zero-order valence-corrected chi connectivity index (χ0v) is 31.0. The van der Waals surface area contributed by atoms with Crippen LogP contribution >= 0.6 is 0 Å². The molecule has 1 aromatic rings. The first-order chi connectivity index (χ1) is 26.0. The summed E-state index contributed by atoms with van der Waals surface area (Å²) in [4.78, 5) is 47.8. The number of hydrogen-bond donors (Lipinski definition) is 5. The van der Waals surface area contributed by atoms with Crippen LogP contribution in [0, 0.1) is 23.3 Å². The van der Waals surface area contributed by atoms with E-state index in [1.54, 1.807) is 0 Å². The normalized spacial score (nSPS) is 16.9. The Morgan fingerprint density at radius 3 is 1.89 bits per heavy atom. The van der Waals surface area contributed by atoms with Gasteiger partial charge in [-0.05, 0) is 38.5 Å². The molecule has 0 radical (unpaired) electrons. The molecule has 1 aliphatic heterocycles. The summed E-state index contributed by atoms with van der Waals surface area (Å²) in [5.41, 5.74) is 0. The lowest BCUT2D eigenvalue weighted by Gasteiger charge is -2.32. The Morgan fingerprint density at radius 2 is 1.24 bits per heavy atom. The van der Waals surface area contributed by atoms with Gasteiger partial charge in [-0.25, -0.2) is 13.2 Å². The Kier molecular flexibility index (Phi) is 24.3. The summed E-state index contributed by atoms with van der Waals surface area (Å²) >= 11 is 0. The lowest BCUT2D eigenvalue weighted by molar-refractivity contribution is -0.229. The van der Waals surface area contributed by atoms with Gasteiger partial charge in [0.25, 0.3) is 0 Å². The predicted octanol–water partition coefficient (Wildman–Crippen LogP) is 4.24. The summed E-state index contributed by atoms with van der Waals surface area (Å²) in [6.45, 7) is 1.88. The maximum absolute atomic E-state index is 13.6. The number of hydrogen-bond acceptors (Lipinski definition) is 10. The lowest BCUT2D eigenvalue weighted by atomic mass is 10.1. The predicted molar refractivity (Wildman–Crippen MR) is 188 cm³/mol. The van der Waals surface area contributed by atoms with Crippen LogP contribution in [0.1, 0.15) is 109 Å². The van der Waals surface area contributed by atoms with Crippen molar-refractivity contribution in [2.45, 2.75) is 128 Å².